The number of nitrogens with zero attached hydrogens (tertiary/aromatic N) is 1. The van der Waals surface area contributed by atoms with Gasteiger partial charge in [0.05, 0.1) is 17.2 Å². The van der Waals surface area contributed by atoms with E-state index in [0.717, 1.165) is 62.3 Å². The Kier molecular flexibility index (Phi) is 4.96. The van der Waals surface area contributed by atoms with E-state index in [1.54, 1.807) is 6.07 Å². The van der Waals surface area contributed by atoms with Crippen LogP contribution < -0.4 is 0 Å². The summed E-state index contributed by atoms with van der Waals surface area (Å²) in [6.07, 6.45) is 9.19. The Morgan fingerprint density at radius 2 is 1.66 bits per heavy atom. The minimum Gasteiger partial charge on any atom is -0.455 e. The van der Waals surface area contributed by atoms with Crippen LogP contribution in [0.15, 0.2) is 48.5 Å². The fraction of sp³-hybridized carbons (Fsp3) is 0.333. The molecule has 5 rings (SSSR count). The van der Waals surface area contributed by atoms with Gasteiger partial charge in [-0.15, -0.1) is 0 Å². The number of fused-ring (bicyclic) bond motifs is 3. The van der Waals surface area contributed by atoms with E-state index in [1.165, 1.54) is 0 Å². The maximum absolute atomic E-state index is 13.4. The Morgan fingerprint density at radius 3 is 2.28 bits per heavy atom. The summed E-state index contributed by atoms with van der Waals surface area (Å²) in [5, 5.41) is 9.04. The average molecular weight is 393 g/mol. The predicted molar refractivity (Wildman–Crippen MR) is 105 cm³/mol. The second-order valence-electron chi connectivity index (χ2n) is 8.16. The molecule has 0 unspecified atom stereocenters. The van der Waals surface area contributed by atoms with Gasteiger partial charge in [0.15, 0.2) is 0 Å². The molecule has 3 saturated carbocycles. The molecule has 3 aliphatic carbocycles. The summed E-state index contributed by atoms with van der Waals surface area (Å²) in [6, 6.07) is 12.4. The predicted octanol–water partition coefficient (Wildman–Crippen LogP) is 5.80. The van der Waals surface area contributed by atoms with E-state index in [2.05, 4.69) is 18.2 Å². The number of carbonyl (C=O) groups is 1. The van der Waals surface area contributed by atoms with Crippen molar-refractivity contribution in [2.24, 2.45) is 5.41 Å². The number of benzene rings is 2. The van der Waals surface area contributed by atoms with E-state index < -0.39 is 23.2 Å². The lowest BCUT2D eigenvalue weighted by molar-refractivity contribution is -0.0913. The van der Waals surface area contributed by atoms with Crippen molar-refractivity contribution in [3.63, 3.8) is 0 Å². The summed E-state index contributed by atoms with van der Waals surface area (Å²) in [7, 11) is 0. The largest absolute Gasteiger partial charge is 0.455 e. The van der Waals surface area contributed by atoms with Crippen LogP contribution in [0.25, 0.3) is 6.08 Å². The van der Waals surface area contributed by atoms with E-state index in [0.29, 0.717) is 5.56 Å². The lowest BCUT2D eigenvalue weighted by Gasteiger charge is -2.51. The molecule has 3 aliphatic rings. The van der Waals surface area contributed by atoms with Crippen molar-refractivity contribution in [3.05, 3.63) is 76.9 Å². The lowest BCUT2D eigenvalue weighted by Crippen LogP contribution is -2.48. The number of esters is 1. The van der Waals surface area contributed by atoms with Crippen molar-refractivity contribution in [1.82, 2.24) is 0 Å². The maximum atomic E-state index is 13.4. The molecule has 5 heteroatoms. The van der Waals surface area contributed by atoms with Crippen LogP contribution in [0.3, 0.4) is 0 Å². The van der Waals surface area contributed by atoms with Crippen LogP contribution in [0.1, 0.15) is 60.0 Å². The highest BCUT2D eigenvalue weighted by Gasteiger charge is 2.49. The molecule has 0 heterocycles. The second-order valence-corrected chi connectivity index (χ2v) is 8.16. The fourth-order valence-electron chi connectivity index (χ4n) is 4.50. The van der Waals surface area contributed by atoms with Crippen molar-refractivity contribution in [1.29, 1.82) is 5.26 Å². The van der Waals surface area contributed by atoms with E-state index >= 15 is 0 Å². The summed E-state index contributed by atoms with van der Waals surface area (Å²) in [5.41, 5.74) is 1.08. The Morgan fingerprint density at radius 1 is 1.00 bits per heavy atom. The molecule has 0 aliphatic heterocycles. The SMILES string of the molecule is N#Cc1cccc(C=CC23CCC(OC(=O)c4cc(F)cc(F)c4)(CC2)CC3)c1. The first-order chi connectivity index (χ1) is 13.9. The lowest BCUT2D eigenvalue weighted by atomic mass is 9.58. The molecule has 3 nitrogen and oxygen atoms in total. The van der Waals surface area contributed by atoms with Gasteiger partial charge in [0.25, 0.3) is 0 Å². The van der Waals surface area contributed by atoms with Gasteiger partial charge in [-0.1, -0.05) is 24.3 Å². The zero-order chi connectivity index (χ0) is 20.5. The smallest absolute Gasteiger partial charge is 0.338 e. The molecule has 0 saturated heterocycles. The summed E-state index contributed by atoms with van der Waals surface area (Å²) in [5.74, 6) is -2.24. The molecule has 148 valence electrons. The first-order valence-electron chi connectivity index (χ1n) is 9.80. The molecule has 0 amide bonds. The number of hydrogen-bond donors (Lipinski definition) is 0. The van der Waals surface area contributed by atoms with Gasteiger partial charge in [0, 0.05) is 6.07 Å². The van der Waals surface area contributed by atoms with Crippen molar-refractivity contribution >= 4 is 12.0 Å². The second kappa shape index (κ2) is 7.44. The molecule has 0 spiro atoms. The number of hydrogen-bond acceptors (Lipinski definition) is 3. The molecule has 3 fully saturated rings. The fourth-order valence-corrected chi connectivity index (χ4v) is 4.50. The molecule has 29 heavy (non-hydrogen) atoms. The number of nitriles is 1. The Labute approximate surface area is 168 Å². The summed E-state index contributed by atoms with van der Waals surface area (Å²) in [4.78, 5) is 12.5. The highest BCUT2D eigenvalue weighted by atomic mass is 19.1. The van der Waals surface area contributed by atoms with Crippen LogP contribution >= 0.6 is 0 Å². The van der Waals surface area contributed by atoms with Gasteiger partial charge in [0.1, 0.15) is 17.2 Å². The first-order valence-corrected chi connectivity index (χ1v) is 9.80. The molecule has 0 N–H and O–H groups in total. The van der Waals surface area contributed by atoms with Crippen molar-refractivity contribution < 1.29 is 18.3 Å². The molecule has 0 aromatic heterocycles. The quantitative estimate of drug-likeness (QED) is 0.617. The summed E-state index contributed by atoms with van der Waals surface area (Å²) in [6.45, 7) is 0. The monoisotopic (exact) mass is 393 g/mol. The van der Waals surface area contributed by atoms with Crippen LogP contribution in [-0.2, 0) is 4.74 Å². The minimum absolute atomic E-state index is 0.0712. The van der Waals surface area contributed by atoms with E-state index in [9.17, 15) is 13.6 Å². The van der Waals surface area contributed by atoms with Crippen molar-refractivity contribution in [3.8, 4) is 6.07 Å². The number of ether oxygens (including phenoxy) is 1. The highest BCUT2D eigenvalue weighted by molar-refractivity contribution is 5.89. The number of halogens is 2. The number of carbonyl (C=O) groups excluding carboxylic acids is 1. The van der Waals surface area contributed by atoms with Crippen molar-refractivity contribution in [2.45, 2.75) is 44.1 Å². The zero-order valence-electron chi connectivity index (χ0n) is 16.0. The molecule has 2 bridgehead atoms. The zero-order valence-corrected chi connectivity index (χ0v) is 16.0. The maximum Gasteiger partial charge on any atom is 0.338 e. The Balaban J connectivity index is 1.43. The standard InChI is InChI=1S/C24H21F2NO2/c25-20-13-19(14-21(26)15-20)22(28)29-24-9-6-23(7-10-24,8-11-24)5-4-17-2-1-3-18(12-17)16-27/h1-5,12-15H,6-11H2. The van der Waals surface area contributed by atoms with Gasteiger partial charge < -0.3 is 4.74 Å². The van der Waals surface area contributed by atoms with Crippen LogP contribution in [0, 0.1) is 28.4 Å². The van der Waals surface area contributed by atoms with E-state index in [1.807, 2.05) is 18.2 Å². The first kappa shape index (κ1) is 19.3. The van der Waals surface area contributed by atoms with Gasteiger partial charge in [-0.05, 0) is 73.8 Å². The molecule has 0 atom stereocenters. The highest BCUT2D eigenvalue weighted by Crippen LogP contribution is 2.55. The van der Waals surface area contributed by atoms with Crippen LogP contribution in [-0.4, -0.2) is 11.6 Å². The molecular weight excluding hydrogens is 372 g/mol. The number of allylic oxidation sites excluding steroid dienone is 1. The van der Waals surface area contributed by atoms with Gasteiger partial charge >= 0.3 is 5.97 Å². The van der Waals surface area contributed by atoms with Crippen LogP contribution in [0.4, 0.5) is 8.78 Å². The van der Waals surface area contributed by atoms with E-state index in [4.69, 9.17) is 10.00 Å². The van der Waals surface area contributed by atoms with Gasteiger partial charge in [-0.2, -0.15) is 5.26 Å². The summed E-state index contributed by atoms with van der Waals surface area (Å²) >= 11 is 0. The normalized spacial score (nSPS) is 25.7. The molecule has 0 radical (unpaired) electrons. The third-order valence-electron chi connectivity index (χ3n) is 6.29. The molecule has 2 aromatic rings. The van der Waals surface area contributed by atoms with Gasteiger partial charge in [0.2, 0.25) is 0 Å². The van der Waals surface area contributed by atoms with Gasteiger partial charge in [-0.3, -0.25) is 0 Å². The average Bonchev–Trinajstić information content (AvgIpc) is 2.73. The topological polar surface area (TPSA) is 50.1 Å². The van der Waals surface area contributed by atoms with Gasteiger partial charge in [-0.25, -0.2) is 13.6 Å². The third-order valence-corrected chi connectivity index (χ3v) is 6.29. The number of rotatable bonds is 4. The van der Waals surface area contributed by atoms with E-state index in [-0.39, 0.29) is 11.0 Å². The third kappa shape index (κ3) is 4.07. The van der Waals surface area contributed by atoms with Crippen LogP contribution in [0.2, 0.25) is 0 Å². The van der Waals surface area contributed by atoms with Crippen LogP contribution in [0.5, 0.6) is 0 Å². The molecular formula is C24H21F2NO2. The molecule has 2 aromatic carbocycles. The summed E-state index contributed by atoms with van der Waals surface area (Å²) < 4.78 is 32.6. The minimum atomic E-state index is -0.786. The Bertz CT molecular complexity index is 977. The Hall–Kier alpha value is -3.00. The van der Waals surface area contributed by atoms with Crippen molar-refractivity contribution in [2.75, 3.05) is 0 Å².